The van der Waals surface area contributed by atoms with E-state index in [1.165, 1.54) is 37.0 Å². The molecular formula is C35H24N2S. The van der Waals surface area contributed by atoms with E-state index >= 15 is 0 Å². The lowest BCUT2D eigenvalue weighted by atomic mass is 10.00. The minimum atomic E-state index is 0.909. The number of aromatic nitrogens is 1. The quantitative estimate of drug-likeness (QED) is 0.232. The first-order chi connectivity index (χ1) is 18.8. The van der Waals surface area contributed by atoms with Gasteiger partial charge in [0.05, 0.1) is 10.2 Å². The molecule has 0 N–H and O–H groups in total. The molecule has 5 aromatic carbocycles. The molecule has 2 heterocycles. The lowest BCUT2D eigenvalue weighted by molar-refractivity contribution is 1.21. The van der Waals surface area contributed by atoms with Crippen LogP contribution in [0, 0.1) is 0 Å². The number of hydrogen-bond acceptors (Lipinski definition) is 3. The van der Waals surface area contributed by atoms with Gasteiger partial charge in [0.2, 0.25) is 0 Å². The first-order valence-corrected chi connectivity index (χ1v) is 13.5. The fourth-order valence-electron chi connectivity index (χ4n) is 4.99. The molecule has 38 heavy (non-hydrogen) atoms. The highest BCUT2D eigenvalue weighted by Gasteiger charge is 2.16. The maximum absolute atomic E-state index is 5.17. The van der Waals surface area contributed by atoms with Gasteiger partial charge in [0, 0.05) is 21.5 Å². The Balaban J connectivity index is 1.27. The second-order valence-corrected chi connectivity index (χ2v) is 10.4. The van der Waals surface area contributed by atoms with Crippen molar-refractivity contribution in [1.29, 1.82) is 0 Å². The third-order valence-corrected chi connectivity index (χ3v) is 8.03. The minimum Gasteiger partial charge on any atom is -0.295 e. The molecule has 0 aliphatic heterocycles. The molecule has 0 saturated carbocycles. The molecule has 2 aromatic heterocycles. The number of benzene rings is 5. The molecule has 2 nitrogen and oxygen atoms in total. The molecule has 0 radical (unpaired) electrons. The zero-order chi connectivity index (χ0) is 25.3. The van der Waals surface area contributed by atoms with Gasteiger partial charge in [-0.2, -0.15) is 0 Å². The van der Waals surface area contributed by atoms with Crippen LogP contribution < -0.4 is 4.90 Å². The molecule has 0 unspecified atom stereocenters. The summed E-state index contributed by atoms with van der Waals surface area (Å²) in [5.74, 6) is 0.909. The minimum absolute atomic E-state index is 0.909. The number of rotatable bonds is 5. The highest BCUT2D eigenvalue weighted by molar-refractivity contribution is 7.25. The highest BCUT2D eigenvalue weighted by Crippen LogP contribution is 2.38. The first-order valence-electron chi connectivity index (χ1n) is 12.7. The van der Waals surface area contributed by atoms with Gasteiger partial charge >= 0.3 is 0 Å². The molecular weight excluding hydrogens is 480 g/mol. The predicted octanol–water partition coefficient (Wildman–Crippen LogP) is 10.3. The maximum Gasteiger partial charge on any atom is 0.138 e. The zero-order valence-electron chi connectivity index (χ0n) is 20.7. The van der Waals surface area contributed by atoms with E-state index < -0.39 is 0 Å². The Kier molecular flexibility index (Phi) is 5.69. The molecule has 0 fully saturated rings. The standard InChI is InChI=1S/C35H24N2S/c1-3-9-25(10-4-1)26-15-17-27(18-16-26)28-19-21-30(22-20-28)37(29-11-5-2-6-12-29)34-24-23-33-35(36-34)31-13-7-8-14-32(31)38-33/h1-24H. The van der Waals surface area contributed by atoms with Crippen LogP contribution in [-0.4, -0.2) is 4.98 Å². The van der Waals surface area contributed by atoms with Crippen LogP contribution in [0.3, 0.4) is 0 Å². The molecule has 7 aromatic rings. The van der Waals surface area contributed by atoms with Crippen LogP contribution in [0.15, 0.2) is 146 Å². The molecule has 3 heteroatoms. The number of para-hydroxylation sites is 1. The number of thiophene rings is 1. The van der Waals surface area contributed by atoms with E-state index in [9.17, 15) is 0 Å². The lowest BCUT2D eigenvalue weighted by Crippen LogP contribution is -2.11. The monoisotopic (exact) mass is 504 g/mol. The van der Waals surface area contributed by atoms with Crippen molar-refractivity contribution >= 4 is 48.8 Å². The van der Waals surface area contributed by atoms with Crippen LogP contribution in [0.4, 0.5) is 17.2 Å². The summed E-state index contributed by atoms with van der Waals surface area (Å²) in [7, 11) is 0. The van der Waals surface area contributed by atoms with E-state index in [0.717, 1.165) is 22.7 Å². The van der Waals surface area contributed by atoms with E-state index in [-0.39, 0.29) is 0 Å². The Morgan fingerprint density at radius 2 is 0.947 bits per heavy atom. The fraction of sp³-hybridized carbons (Fsp3) is 0. The highest BCUT2D eigenvalue weighted by atomic mass is 32.1. The third kappa shape index (κ3) is 4.13. The van der Waals surface area contributed by atoms with Crippen molar-refractivity contribution in [1.82, 2.24) is 4.98 Å². The van der Waals surface area contributed by atoms with Gasteiger partial charge in [-0.25, -0.2) is 4.98 Å². The molecule has 0 saturated heterocycles. The van der Waals surface area contributed by atoms with Gasteiger partial charge in [0.15, 0.2) is 0 Å². The van der Waals surface area contributed by atoms with E-state index in [0.29, 0.717) is 0 Å². The second-order valence-electron chi connectivity index (χ2n) is 9.28. The van der Waals surface area contributed by atoms with Crippen LogP contribution in [0.1, 0.15) is 0 Å². The van der Waals surface area contributed by atoms with Gasteiger partial charge in [-0.1, -0.05) is 103 Å². The van der Waals surface area contributed by atoms with Crippen molar-refractivity contribution in [2.75, 3.05) is 4.90 Å². The second kappa shape index (κ2) is 9.62. The lowest BCUT2D eigenvalue weighted by Gasteiger charge is -2.24. The van der Waals surface area contributed by atoms with Crippen molar-refractivity contribution in [3.63, 3.8) is 0 Å². The summed E-state index contributed by atoms with van der Waals surface area (Å²) in [4.78, 5) is 7.40. The summed E-state index contributed by atoms with van der Waals surface area (Å²) >= 11 is 1.79. The Labute approximate surface area is 226 Å². The number of pyridine rings is 1. The molecule has 0 aliphatic carbocycles. The summed E-state index contributed by atoms with van der Waals surface area (Å²) in [6, 6.07) is 51.3. The molecule has 180 valence electrons. The van der Waals surface area contributed by atoms with Gasteiger partial charge in [0.1, 0.15) is 5.82 Å². The molecule has 0 spiro atoms. The van der Waals surface area contributed by atoms with Crippen molar-refractivity contribution < 1.29 is 0 Å². The number of fused-ring (bicyclic) bond motifs is 3. The number of anilines is 3. The average molecular weight is 505 g/mol. The third-order valence-electron chi connectivity index (χ3n) is 6.90. The predicted molar refractivity (Wildman–Crippen MR) is 163 cm³/mol. The topological polar surface area (TPSA) is 16.1 Å². The summed E-state index contributed by atoms with van der Waals surface area (Å²) in [6.07, 6.45) is 0. The number of nitrogens with zero attached hydrogens (tertiary/aromatic N) is 2. The Morgan fingerprint density at radius 1 is 0.421 bits per heavy atom. The van der Waals surface area contributed by atoms with Crippen molar-refractivity contribution in [2.24, 2.45) is 0 Å². The van der Waals surface area contributed by atoms with Crippen LogP contribution in [-0.2, 0) is 0 Å². The number of hydrogen-bond donors (Lipinski definition) is 0. The first kappa shape index (κ1) is 22.5. The fourth-order valence-corrected chi connectivity index (χ4v) is 6.03. The Bertz CT molecular complexity index is 1840. The van der Waals surface area contributed by atoms with Gasteiger partial charge in [0.25, 0.3) is 0 Å². The van der Waals surface area contributed by atoms with Gasteiger partial charge in [-0.05, 0) is 64.7 Å². The van der Waals surface area contributed by atoms with E-state index in [2.05, 4.69) is 138 Å². The molecule has 0 aliphatic rings. The largest absolute Gasteiger partial charge is 0.295 e. The molecule has 0 atom stereocenters. The summed E-state index contributed by atoms with van der Waals surface area (Å²) in [5.41, 5.74) is 8.06. The van der Waals surface area contributed by atoms with Crippen molar-refractivity contribution in [3.8, 4) is 22.3 Å². The van der Waals surface area contributed by atoms with Gasteiger partial charge in [-0.3, -0.25) is 4.90 Å². The zero-order valence-corrected chi connectivity index (χ0v) is 21.5. The van der Waals surface area contributed by atoms with Crippen molar-refractivity contribution in [2.45, 2.75) is 0 Å². The van der Waals surface area contributed by atoms with E-state index in [1.54, 1.807) is 11.3 Å². The molecule has 0 bridgehead atoms. The van der Waals surface area contributed by atoms with E-state index in [4.69, 9.17) is 4.98 Å². The van der Waals surface area contributed by atoms with Gasteiger partial charge in [-0.15, -0.1) is 11.3 Å². The average Bonchev–Trinajstić information content (AvgIpc) is 3.37. The van der Waals surface area contributed by atoms with Crippen molar-refractivity contribution in [3.05, 3.63) is 146 Å². The summed E-state index contributed by atoms with van der Waals surface area (Å²) < 4.78 is 2.47. The van der Waals surface area contributed by atoms with Crippen LogP contribution in [0.5, 0.6) is 0 Å². The summed E-state index contributed by atoms with van der Waals surface area (Å²) in [6.45, 7) is 0. The smallest absolute Gasteiger partial charge is 0.138 e. The van der Waals surface area contributed by atoms with Crippen LogP contribution in [0.2, 0.25) is 0 Å². The Hall–Kier alpha value is -4.73. The SMILES string of the molecule is c1ccc(-c2ccc(-c3ccc(N(c4ccccc4)c4ccc5sc6ccccc6c5n4)cc3)cc2)cc1. The molecule has 7 rings (SSSR count). The maximum atomic E-state index is 5.17. The molecule has 0 amide bonds. The van der Waals surface area contributed by atoms with Gasteiger partial charge < -0.3 is 0 Å². The normalized spacial score (nSPS) is 11.2. The van der Waals surface area contributed by atoms with E-state index in [1.807, 2.05) is 12.1 Å². The summed E-state index contributed by atoms with van der Waals surface area (Å²) in [5, 5.41) is 1.21. The van der Waals surface area contributed by atoms with Crippen LogP contribution in [0.25, 0.3) is 42.6 Å². The van der Waals surface area contributed by atoms with Crippen LogP contribution >= 0.6 is 11.3 Å². The Morgan fingerprint density at radius 3 is 1.63 bits per heavy atom.